The van der Waals surface area contributed by atoms with E-state index in [9.17, 15) is 9.90 Å². The van der Waals surface area contributed by atoms with Crippen LogP contribution in [-0.4, -0.2) is 44.2 Å². The molecular weight excluding hydrogens is 332 g/mol. The molecule has 0 saturated heterocycles. The smallest absolute Gasteiger partial charge is 0.254 e. The molecule has 2 aromatic heterocycles. The SMILES string of the molecule is O=C(N[C@@H]1CCC[C@@H](Oc2cccnc2)[C@@H]1O)c1cnc(C2CC2)nc1. The van der Waals surface area contributed by atoms with Crippen molar-refractivity contribution in [3.63, 3.8) is 0 Å². The van der Waals surface area contributed by atoms with E-state index >= 15 is 0 Å². The number of carbonyl (C=O) groups excluding carboxylic acids is 1. The monoisotopic (exact) mass is 354 g/mol. The minimum atomic E-state index is -0.778. The van der Waals surface area contributed by atoms with Crippen LogP contribution in [-0.2, 0) is 0 Å². The summed E-state index contributed by atoms with van der Waals surface area (Å²) in [5.41, 5.74) is 0.414. The first kappa shape index (κ1) is 16.9. The molecule has 0 spiro atoms. The number of hydrogen-bond donors (Lipinski definition) is 2. The van der Waals surface area contributed by atoms with Crippen LogP contribution in [0.1, 0.15) is 54.2 Å². The van der Waals surface area contributed by atoms with Crippen LogP contribution in [0.15, 0.2) is 36.9 Å². The van der Waals surface area contributed by atoms with Crippen molar-refractivity contribution in [1.82, 2.24) is 20.3 Å². The van der Waals surface area contributed by atoms with Gasteiger partial charge in [0.2, 0.25) is 0 Å². The summed E-state index contributed by atoms with van der Waals surface area (Å²) in [6.45, 7) is 0. The molecule has 2 N–H and O–H groups in total. The van der Waals surface area contributed by atoms with Crippen molar-refractivity contribution >= 4 is 5.91 Å². The second-order valence-corrected chi connectivity index (χ2v) is 6.95. The van der Waals surface area contributed by atoms with Gasteiger partial charge in [-0.1, -0.05) is 0 Å². The Morgan fingerprint density at radius 2 is 1.96 bits per heavy atom. The van der Waals surface area contributed by atoms with Crippen LogP contribution in [0.25, 0.3) is 0 Å². The van der Waals surface area contributed by atoms with Crippen molar-refractivity contribution in [2.24, 2.45) is 0 Å². The molecule has 0 radical (unpaired) electrons. The Balaban J connectivity index is 1.37. The summed E-state index contributed by atoms with van der Waals surface area (Å²) in [5.74, 6) is 1.62. The molecule has 2 saturated carbocycles. The van der Waals surface area contributed by atoms with Gasteiger partial charge in [-0.25, -0.2) is 9.97 Å². The molecule has 2 aromatic rings. The van der Waals surface area contributed by atoms with E-state index < -0.39 is 6.10 Å². The zero-order valence-electron chi connectivity index (χ0n) is 14.4. The quantitative estimate of drug-likeness (QED) is 0.850. The standard InChI is InChI=1S/C19H22N4O3/c24-17-15(4-1-5-16(17)26-14-3-2-8-20-11-14)23-19(25)13-9-21-18(22-10-13)12-6-7-12/h2-3,8-12,15-17,24H,1,4-7H2,(H,23,25)/t15-,16-,17-/m1/s1. The zero-order valence-corrected chi connectivity index (χ0v) is 14.4. The first-order chi connectivity index (χ1) is 12.7. The number of ether oxygens (including phenoxy) is 1. The van der Waals surface area contributed by atoms with Crippen LogP contribution in [0.4, 0.5) is 0 Å². The molecule has 26 heavy (non-hydrogen) atoms. The van der Waals surface area contributed by atoms with E-state index in [4.69, 9.17) is 4.74 Å². The third-order valence-electron chi connectivity index (χ3n) is 4.91. The molecule has 0 bridgehead atoms. The van der Waals surface area contributed by atoms with Gasteiger partial charge >= 0.3 is 0 Å². The van der Waals surface area contributed by atoms with Crippen molar-refractivity contribution in [1.29, 1.82) is 0 Å². The fourth-order valence-corrected chi connectivity index (χ4v) is 3.28. The number of pyridine rings is 1. The van der Waals surface area contributed by atoms with Gasteiger partial charge in [0, 0.05) is 24.5 Å². The molecule has 3 atom stereocenters. The molecule has 2 aliphatic carbocycles. The van der Waals surface area contributed by atoms with E-state index in [1.54, 1.807) is 36.9 Å². The third-order valence-corrected chi connectivity index (χ3v) is 4.91. The normalized spacial score (nSPS) is 25.5. The lowest BCUT2D eigenvalue weighted by Gasteiger charge is -2.35. The Morgan fingerprint density at radius 3 is 2.65 bits per heavy atom. The number of nitrogens with one attached hydrogen (secondary N) is 1. The fourth-order valence-electron chi connectivity index (χ4n) is 3.28. The second kappa shape index (κ2) is 7.37. The minimum absolute atomic E-state index is 0.265. The Hall–Kier alpha value is -2.54. The summed E-state index contributed by atoms with van der Waals surface area (Å²) in [6, 6.07) is 3.23. The second-order valence-electron chi connectivity index (χ2n) is 6.95. The molecule has 136 valence electrons. The predicted octanol–water partition coefficient (Wildman–Crippen LogP) is 1.84. The van der Waals surface area contributed by atoms with Gasteiger partial charge in [-0.05, 0) is 44.2 Å². The number of hydrogen-bond acceptors (Lipinski definition) is 6. The summed E-state index contributed by atoms with van der Waals surface area (Å²) in [4.78, 5) is 25.0. The highest BCUT2D eigenvalue weighted by Gasteiger charge is 2.34. The predicted molar refractivity (Wildman–Crippen MR) is 93.8 cm³/mol. The highest BCUT2D eigenvalue weighted by Crippen LogP contribution is 2.37. The first-order valence-electron chi connectivity index (χ1n) is 9.08. The Morgan fingerprint density at radius 1 is 1.15 bits per heavy atom. The maximum atomic E-state index is 12.5. The number of carbonyl (C=O) groups is 1. The van der Waals surface area contributed by atoms with Crippen LogP contribution < -0.4 is 10.1 Å². The largest absolute Gasteiger partial charge is 0.486 e. The average Bonchev–Trinajstić information content (AvgIpc) is 3.51. The van der Waals surface area contributed by atoms with E-state index in [0.717, 1.165) is 31.5 Å². The van der Waals surface area contributed by atoms with Gasteiger partial charge in [-0.15, -0.1) is 0 Å². The highest BCUT2D eigenvalue weighted by atomic mass is 16.5. The van der Waals surface area contributed by atoms with Gasteiger partial charge in [0.05, 0.1) is 17.8 Å². The summed E-state index contributed by atoms with van der Waals surface area (Å²) in [7, 11) is 0. The lowest BCUT2D eigenvalue weighted by molar-refractivity contribution is -0.0142. The van der Waals surface area contributed by atoms with Crippen LogP contribution in [0.3, 0.4) is 0 Å². The molecule has 2 heterocycles. The number of aliphatic hydroxyl groups is 1. The van der Waals surface area contributed by atoms with Crippen molar-refractivity contribution in [2.45, 2.75) is 56.3 Å². The Labute approximate surface area is 151 Å². The molecule has 7 heteroatoms. The molecule has 1 amide bonds. The number of nitrogens with zero attached hydrogens (tertiary/aromatic N) is 3. The van der Waals surface area contributed by atoms with Crippen LogP contribution in [0.5, 0.6) is 5.75 Å². The van der Waals surface area contributed by atoms with Gasteiger partial charge < -0.3 is 15.2 Å². The summed E-state index contributed by atoms with van der Waals surface area (Å²) in [5, 5.41) is 13.5. The Kier molecular flexibility index (Phi) is 4.79. The van der Waals surface area contributed by atoms with Crippen LogP contribution >= 0.6 is 0 Å². The third kappa shape index (κ3) is 3.83. The summed E-state index contributed by atoms with van der Waals surface area (Å²) in [6.07, 6.45) is 9.83. The van der Waals surface area contributed by atoms with Gasteiger partial charge in [0.15, 0.2) is 0 Å². The van der Waals surface area contributed by atoms with Crippen molar-refractivity contribution in [2.75, 3.05) is 0 Å². The van der Waals surface area contributed by atoms with Crippen LogP contribution in [0.2, 0.25) is 0 Å². The molecule has 0 aromatic carbocycles. The number of amides is 1. The van der Waals surface area contributed by atoms with E-state index in [-0.39, 0.29) is 18.1 Å². The Bertz CT molecular complexity index is 749. The summed E-state index contributed by atoms with van der Waals surface area (Å²) >= 11 is 0. The number of aliphatic hydroxyl groups excluding tert-OH is 1. The maximum absolute atomic E-state index is 12.5. The first-order valence-corrected chi connectivity index (χ1v) is 9.08. The van der Waals surface area contributed by atoms with E-state index in [1.807, 2.05) is 0 Å². The maximum Gasteiger partial charge on any atom is 0.254 e. The van der Waals surface area contributed by atoms with Gasteiger partial charge in [-0.2, -0.15) is 0 Å². The zero-order chi connectivity index (χ0) is 17.9. The molecule has 0 unspecified atom stereocenters. The van der Waals surface area contributed by atoms with Crippen molar-refractivity contribution < 1.29 is 14.6 Å². The summed E-state index contributed by atoms with van der Waals surface area (Å²) < 4.78 is 5.85. The highest BCUT2D eigenvalue weighted by molar-refractivity contribution is 5.93. The molecule has 2 fully saturated rings. The van der Waals surface area contributed by atoms with E-state index in [0.29, 0.717) is 23.7 Å². The molecular formula is C19H22N4O3. The molecule has 4 rings (SSSR count). The van der Waals surface area contributed by atoms with E-state index in [2.05, 4.69) is 20.3 Å². The van der Waals surface area contributed by atoms with Gasteiger partial charge in [0.1, 0.15) is 23.8 Å². The lowest BCUT2D eigenvalue weighted by atomic mass is 9.89. The van der Waals surface area contributed by atoms with Gasteiger partial charge in [0.25, 0.3) is 5.91 Å². The van der Waals surface area contributed by atoms with E-state index in [1.165, 1.54) is 0 Å². The van der Waals surface area contributed by atoms with Gasteiger partial charge in [-0.3, -0.25) is 9.78 Å². The van der Waals surface area contributed by atoms with Crippen LogP contribution in [0, 0.1) is 0 Å². The topological polar surface area (TPSA) is 97.2 Å². The fraction of sp³-hybridized carbons (Fsp3) is 0.474. The van der Waals surface area contributed by atoms with Crippen molar-refractivity contribution in [3.8, 4) is 5.75 Å². The number of aromatic nitrogens is 3. The molecule has 2 aliphatic rings. The number of rotatable bonds is 5. The lowest BCUT2D eigenvalue weighted by Crippen LogP contribution is -2.52. The average molecular weight is 354 g/mol. The molecule has 0 aliphatic heterocycles. The minimum Gasteiger partial charge on any atom is -0.486 e. The molecule has 7 nitrogen and oxygen atoms in total. The van der Waals surface area contributed by atoms with Crippen molar-refractivity contribution in [3.05, 3.63) is 48.3 Å².